The van der Waals surface area contributed by atoms with Gasteiger partial charge >= 0.3 is 5.97 Å². The minimum absolute atomic E-state index is 0.00661. The molecule has 0 aromatic heterocycles. The fraction of sp³-hybridized carbons (Fsp3) is 0.429. The lowest BCUT2D eigenvalue weighted by molar-refractivity contribution is -0.146. The molecule has 5 atom stereocenters. The van der Waals surface area contributed by atoms with Gasteiger partial charge in [0.15, 0.2) is 11.6 Å². The van der Waals surface area contributed by atoms with Crippen molar-refractivity contribution in [2.24, 2.45) is 11.8 Å². The Hall–Kier alpha value is -3.56. The first kappa shape index (κ1) is 26.5. The number of nitrogens with one attached hydrogen (secondary N) is 1. The van der Waals surface area contributed by atoms with Gasteiger partial charge in [0, 0.05) is 29.2 Å². The minimum Gasteiger partial charge on any atom is -0.507 e. The third kappa shape index (κ3) is 4.42. The number of ketones is 2. The quantitative estimate of drug-likeness (QED) is 0.351. The smallest absolute Gasteiger partial charge is 0.334 e. The van der Waals surface area contributed by atoms with E-state index in [0.29, 0.717) is 12.8 Å². The molecule has 1 saturated heterocycles. The monoisotopic (exact) mass is 509 g/mol. The number of carbonyl (C=O) groups is 4. The van der Waals surface area contributed by atoms with Crippen LogP contribution in [0.25, 0.3) is 0 Å². The van der Waals surface area contributed by atoms with Crippen LogP contribution in [0.4, 0.5) is 0 Å². The number of hydrogen-bond donors (Lipinski definition) is 4. The molecule has 4 bridgehead atoms. The van der Waals surface area contributed by atoms with Crippen LogP contribution in [0.5, 0.6) is 5.75 Å². The zero-order chi connectivity index (χ0) is 27.2. The van der Waals surface area contributed by atoms with Crippen molar-refractivity contribution in [3.63, 3.8) is 0 Å². The Morgan fingerprint density at radius 1 is 1.16 bits per heavy atom. The largest absolute Gasteiger partial charge is 0.507 e. The van der Waals surface area contributed by atoms with Gasteiger partial charge in [-0.05, 0) is 57.2 Å². The van der Waals surface area contributed by atoms with Crippen molar-refractivity contribution in [3.05, 3.63) is 63.9 Å². The van der Waals surface area contributed by atoms with Crippen LogP contribution < -0.4 is 5.32 Å². The lowest BCUT2D eigenvalue weighted by atomic mass is 9.72. The predicted molar refractivity (Wildman–Crippen MR) is 133 cm³/mol. The van der Waals surface area contributed by atoms with Gasteiger partial charge in [0.25, 0.3) is 0 Å². The van der Waals surface area contributed by atoms with Gasteiger partial charge in [-0.2, -0.15) is 0 Å². The van der Waals surface area contributed by atoms with E-state index in [-0.39, 0.29) is 51.6 Å². The standard InChI is InChI=1S/C28H31NO8/c1-5-16-6-8-19(31)24-23-17(10-13(2)25(24)33)28(36)18(26(34)29-22(28)12-20(23)32)11-14(3)27(35)37-21(9-7-16)15(4)30/h7,9-12,15-16,18,21,30,33,36H,5-6,8H2,1-4H3,(H,29,34)/b9-7+,14-11-/t15?,16-,18+,21+,28-/m0/s1. The number of aromatic hydroxyl groups is 1. The summed E-state index contributed by atoms with van der Waals surface area (Å²) in [6.07, 6.45) is 4.68. The van der Waals surface area contributed by atoms with E-state index < -0.39 is 47.2 Å². The van der Waals surface area contributed by atoms with E-state index in [9.17, 15) is 34.5 Å². The number of cyclic esters (lactones) is 1. The van der Waals surface area contributed by atoms with Crippen molar-refractivity contribution < 1.29 is 39.2 Å². The fourth-order valence-corrected chi connectivity index (χ4v) is 5.13. The van der Waals surface area contributed by atoms with Gasteiger partial charge in [0.1, 0.15) is 17.5 Å². The van der Waals surface area contributed by atoms with E-state index in [1.54, 1.807) is 19.1 Å². The van der Waals surface area contributed by atoms with Crippen LogP contribution >= 0.6 is 0 Å². The number of aliphatic hydroxyl groups excluding tert-OH is 1. The molecular formula is C28H31NO8. The number of aliphatic hydroxyl groups is 2. The molecule has 1 unspecified atom stereocenters. The van der Waals surface area contributed by atoms with Crippen molar-refractivity contribution in [2.75, 3.05) is 0 Å². The Kier molecular flexibility index (Phi) is 6.96. The van der Waals surface area contributed by atoms with Crippen molar-refractivity contribution in [1.82, 2.24) is 5.32 Å². The third-order valence-electron chi connectivity index (χ3n) is 7.40. The van der Waals surface area contributed by atoms with Crippen LogP contribution in [0.3, 0.4) is 0 Å². The summed E-state index contributed by atoms with van der Waals surface area (Å²) in [7, 11) is 0. The molecule has 4 N–H and O–H groups in total. The van der Waals surface area contributed by atoms with Crippen molar-refractivity contribution >= 4 is 23.4 Å². The maximum atomic E-state index is 13.4. The molecule has 0 spiro atoms. The molecule has 196 valence electrons. The number of ether oxygens (including phenoxy) is 1. The molecule has 2 heterocycles. The summed E-state index contributed by atoms with van der Waals surface area (Å²) in [6.45, 7) is 6.37. The van der Waals surface area contributed by atoms with Crippen LogP contribution in [0.15, 0.2) is 41.6 Å². The molecule has 9 nitrogen and oxygen atoms in total. The summed E-state index contributed by atoms with van der Waals surface area (Å²) in [6, 6.07) is 1.39. The maximum absolute atomic E-state index is 13.4. The van der Waals surface area contributed by atoms with Crippen LogP contribution in [-0.2, 0) is 19.9 Å². The summed E-state index contributed by atoms with van der Waals surface area (Å²) >= 11 is 0. The van der Waals surface area contributed by atoms with Gasteiger partial charge in [0.05, 0.1) is 23.3 Å². The normalized spacial score (nSPS) is 31.1. The van der Waals surface area contributed by atoms with Gasteiger partial charge < -0.3 is 25.4 Å². The molecule has 1 aliphatic carbocycles. The second kappa shape index (κ2) is 9.72. The van der Waals surface area contributed by atoms with E-state index in [0.717, 1.165) is 6.08 Å². The molecule has 0 radical (unpaired) electrons. The number of aryl methyl sites for hydroxylation is 1. The number of phenolic OH excluding ortho intramolecular Hbond substituents is 1. The Labute approximate surface area is 214 Å². The van der Waals surface area contributed by atoms with Crippen molar-refractivity contribution in [1.29, 1.82) is 0 Å². The highest BCUT2D eigenvalue weighted by molar-refractivity contribution is 6.17. The first-order chi connectivity index (χ1) is 17.4. The summed E-state index contributed by atoms with van der Waals surface area (Å²) in [5, 5.41) is 35.5. The lowest BCUT2D eigenvalue weighted by Gasteiger charge is -2.34. The first-order valence-electron chi connectivity index (χ1n) is 12.4. The van der Waals surface area contributed by atoms with Crippen LogP contribution in [0, 0.1) is 18.8 Å². The van der Waals surface area contributed by atoms with Gasteiger partial charge in [0.2, 0.25) is 5.91 Å². The van der Waals surface area contributed by atoms with Crippen LogP contribution in [-0.4, -0.2) is 51.0 Å². The number of allylic oxidation sites excluding steroid dienone is 2. The second-order valence-electron chi connectivity index (χ2n) is 9.97. The van der Waals surface area contributed by atoms with E-state index >= 15 is 0 Å². The number of phenols is 1. The summed E-state index contributed by atoms with van der Waals surface area (Å²) < 4.78 is 5.49. The average molecular weight is 510 g/mol. The minimum atomic E-state index is -2.08. The van der Waals surface area contributed by atoms with Crippen LogP contribution in [0.1, 0.15) is 71.9 Å². The van der Waals surface area contributed by atoms with Crippen molar-refractivity contribution in [3.8, 4) is 5.75 Å². The number of hydrogen-bond acceptors (Lipinski definition) is 8. The molecule has 2 aliphatic heterocycles. The highest BCUT2D eigenvalue weighted by atomic mass is 16.6. The zero-order valence-electron chi connectivity index (χ0n) is 21.2. The topological polar surface area (TPSA) is 150 Å². The number of amides is 1. The lowest BCUT2D eigenvalue weighted by Crippen LogP contribution is -2.39. The molecule has 37 heavy (non-hydrogen) atoms. The first-order valence-corrected chi connectivity index (χ1v) is 12.4. The molecular weight excluding hydrogens is 478 g/mol. The molecule has 0 saturated carbocycles. The van der Waals surface area contributed by atoms with E-state index in [2.05, 4.69) is 5.32 Å². The Morgan fingerprint density at radius 3 is 2.51 bits per heavy atom. The second-order valence-corrected chi connectivity index (χ2v) is 9.97. The van der Waals surface area contributed by atoms with Gasteiger partial charge in [-0.1, -0.05) is 19.1 Å². The zero-order valence-corrected chi connectivity index (χ0v) is 21.2. The molecule has 9 heteroatoms. The molecule has 4 rings (SSSR count). The summed E-state index contributed by atoms with van der Waals surface area (Å²) in [4.78, 5) is 52.5. The Bertz CT molecular complexity index is 1290. The highest BCUT2D eigenvalue weighted by Gasteiger charge is 2.55. The molecule has 1 amide bonds. The maximum Gasteiger partial charge on any atom is 0.334 e. The number of carbonyl (C=O) groups excluding carboxylic acids is 4. The predicted octanol–water partition coefficient (Wildman–Crippen LogP) is 2.51. The van der Waals surface area contributed by atoms with E-state index in [1.807, 2.05) is 6.92 Å². The summed E-state index contributed by atoms with van der Waals surface area (Å²) in [5.74, 6) is -4.31. The third-order valence-corrected chi connectivity index (χ3v) is 7.40. The highest BCUT2D eigenvalue weighted by Crippen LogP contribution is 2.49. The van der Waals surface area contributed by atoms with E-state index in [4.69, 9.17) is 4.74 Å². The average Bonchev–Trinajstić information content (AvgIpc) is 3.08. The number of Topliss-reactive ketones (excluding diaryl/α,β-unsaturated/α-hetero) is 1. The Balaban J connectivity index is 1.96. The molecule has 1 fully saturated rings. The van der Waals surface area contributed by atoms with E-state index in [1.165, 1.54) is 26.0 Å². The van der Waals surface area contributed by atoms with Gasteiger partial charge in [-0.3, -0.25) is 14.4 Å². The molecule has 3 aliphatic rings. The van der Waals surface area contributed by atoms with Crippen molar-refractivity contribution in [2.45, 2.75) is 64.8 Å². The SMILES string of the molecule is CC[C@@H]1/C=C/[C@H](C(C)O)OC(=O)/C(C)=C\[C@@H]2C(=O)NC3=CC(=O)c4c(cc(C)c(O)c4C(=O)CC1)[C@@]32O. The number of esters is 1. The Morgan fingerprint density at radius 2 is 1.86 bits per heavy atom. The number of benzene rings is 1. The summed E-state index contributed by atoms with van der Waals surface area (Å²) in [5.41, 5.74) is -2.21. The molecule has 1 aromatic carbocycles. The molecule has 1 aromatic rings. The van der Waals surface area contributed by atoms with Crippen LogP contribution in [0.2, 0.25) is 0 Å². The van der Waals surface area contributed by atoms with Gasteiger partial charge in [-0.15, -0.1) is 0 Å². The van der Waals surface area contributed by atoms with Gasteiger partial charge in [-0.25, -0.2) is 4.79 Å². The number of rotatable bonds is 2. The fourth-order valence-electron chi connectivity index (χ4n) is 5.13.